The van der Waals surface area contributed by atoms with Gasteiger partial charge in [-0.25, -0.2) is 4.79 Å². The van der Waals surface area contributed by atoms with Gasteiger partial charge in [-0.15, -0.1) is 0 Å². The van der Waals surface area contributed by atoms with Crippen LogP contribution >= 0.6 is 0 Å². The summed E-state index contributed by atoms with van der Waals surface area (Å²) >= 11 is 0. The maximum absolute atomic E-state index is 10.9. The lowest BCUT2D eigenvalue weighted by Gasteiger charge is -2.20. The molecule has 0 aliphatic rings. The second-order valence-electron chi connectivity index (χ2n) is 3.06. The minimum atomic E-state index is -1.54. The van der Waals surface area contributed by atoms with Crippen molar-refractivity contribution in [3.63, 3.8) is 0 Å². The number of nitrogens with two attached hydrogens (primary N) is 1. The predicted octanol–water partition coefficient (Wildman–Crippen LogP) is 0.349. The van der Waals surface area contributed by atoms with Crippen molar-refractivity contribution in [3.05, 3.63) is 24.0 Å². The van der Waals surface area contributed by atoms with Gasteiger partial charge in [-0.3, -0.25) is 4.98 Å². The summed E-state index contributed by atoms with van der Waals surface area (Å²) in [5, 5.41) is 8.89. The van der Waals surface area contributed by atoms with Gasteiger partial charge >= 0.3 is 5.97 Å². The molecule has 3 N–H and O–H groups in total. The lowest BCUT2D eigenvalue weighted by atomic mass is 9.98. The summed E-state index contributed by atoms with van der Waals surface area (Å²) in [6, 6.07) is 3.27. The van der Waals surface area contributed by atoms with Crippen molar-refractivity contribution in [2.24, 2.45) is 5.73 Å². The first-order valence-electron chi connectivity index (χ1n) is 4.02. The van der Waals surface area contributed by atoms with E-state index < -0.39 is 11.5 Å². The Morgan fingerprint density at radius 1 is 1.71 bits per heavy atom. The molecule has 0 saturated heterocycles. The highest BCUT2D eigenvalue weighted by Crippen LogP contribution is 2.25. The molecule has 5 nitrogen and oxygen atoms in total. The van der Waals surface area contributed by atoms with Crippen LogP contribution in [-0.2, 0) is 10.3 Å². The number of ether oxygens (including phenoxy) is 1. The molecule has 14 heavy (non-hydrogen) atoms. The van der Waals surface area contributed by atoms with Crippen LogP contribution in [0.2, 0.25) is 0 Å². The standard InChI is InChI=1S/C9H12N2O3/c1-9(10,8(12)13)7-6(14-2)4-3-5-11-7/h3-5H,10H2,1-2H3,(H,12,13)/t9-/m0/s1. The summed E-state index contributed by atoms with van der Waals surface area (Å²) in [6.45, 7) is 1.38. The highest BCUT2D eigenvalue weighted by Gasteiger charge is 2.34. The highest BCUT2D eigenvalue weighted by molar-refractivity contribution is 5.80. The predicted molar refractivity (Wildman–Crippen MR) is 50.0 cm³/mol. The second-order valence-corrected chi connectivity index (χ2v) is 3.06. The first-order valence-corrected chi connectivity index (χ1v) is 4.02. The van der Waals surface area contributed by atoms with E-state index >= 15 is 0 Å². The van der Waals surface area contributed by atoms with Gasteiger partial charge in [0.05, 0.1) is 7.11 Å². The molecular weight excluding hydrogens is 184 g/mol. The lowest BCUT2D eigenvalue weighted by molar-refractivity contribution is -0.143. The lowest BCUT2D eigenvalue weighted by Crippen LogP contribution is -2.42. The Kier molecular flexibility index (Phi) is 2.71. The third-order valence-electron chi connectivity index (χ3n) is 1.93. The van der Waals surface area contributed by atoms with Gasteiger partial charge in [-0.05, 0) is 19.1 Å². The van der Waals surface area contributed by atoms with Crippen LogP contribution in [0.4, 0.5) is 0 Å². The van der Waals surface area contributed by atoms with E-state index in [0.29, 0.717) is 5.75 Å². The van der Waals surface area contributed by atoms with E-state index in [9.17, 15) is 4.79 Å². The highest BCUT2D eigenvalue weighted by atomic mass is 16.5. The zero-order valence-corrected chi connectivity index (χ0v) is 8.02. The summed E-state index contributed by atoms with van der Waals surface area (Å²) in [5.74, 6) is -0.769. The monoisotopic (exact) mass is 196 g/mol. The maximum Gasteiger partial charge on any atom is 0.329 e. The average Bonchev–Trinajstić information content (AvgIpc) is 2.17. The van der Waals surface area contributed by atoms with Crippen LogP contribution in [0, 0.1) is 0 Å². The van der Waals surface area contributed by atoms with Gasteiger partial charge in [-0.2, -0.15) is 0 Å². The number of rotatable bonds is 3. The van der Waals surface area contributed by atoms with E-state index in [1.807, 2.05) is 0 Å². The number of aliphatic carboxylic acids is 1. The van der Waals surface area contributed by atoms with Crippen molar-refractivity contribution in [3.8, 4) is 5.75 Å². The van der Waals surface area contributed by atoms with Gasteiger partial charge in [0.1, 0.15) is 11.4 Å². The normalized spacial score (nSPS) is 14.5. The van der Waals surface area contributed by atoms with E-state index in [1.165, 1.54) is 20.2 Å². The minimum absolute atomic E-state index is 0.218. The van der Waals surface area contributed by atoms with Gasteiger partial charge in [0.2, 0.25) is 0 Å². The molecule has 0 bridgehead atoms. The molecule has 1 aromatic heterocycles. The molecule has 0 amide bonds. The van der Waals surface area contributed by atoms with Gasteiger partial charge in [0.25, 0.3) is 0 Å². The zero-order valence-electron chi connectivity index (χ0n) is 8.02. The molecule has 0 aliphatic carbocycles. The minimum Gasteiger partial charge on any atom is -0.495 e. The molecule has 0 aliphatic heterocycles. The van der Waals surface area contributed by atoms with Crippen molar-refractivity contribution in [1.82, 2.24) is 4.98 Å². The van der Waals surface area contributed by atoms with Crippen molar-refractivity contribution in [2.75, 3.05) is 7.11 Å². The molecule has 0 radical (unpaired) electrons. The van der Waals surface area contributed by atoms with Crippen LogP contribution in [0.5, 0.6) is 5.75 Å². The van der Waals surface area contributed by atoms with E-state index in [2.05, 4.69) is 4.98 Å². The van der Waals surface area contributed by atoms with E-state index in [-0.39, 0.29) is 5.69 Å². The number of pyridine rings is 1. The van der Waals surface area contributed by atoms with E-state index in [0.717, 1.165) is 0 Å². The molecule has 1 heterocycles. The number of methoxy groups -OCH3 is 1. The molecule has 1 atom stereocenters. The van der Waals surface area contributed by atoms with Crippen molar-refractivity contribution >= 4 is 5.97 Å². The fourth-order valence-electron chi connectivity index (χ4n) is 1.05. The molecule has 0 unspecified atom stereocenters. The van der Waals surface area contributed by atoms with Crippen LogP contribution in [-0.4, -0.2) is 23.2 Å². The molecule has 5 heteroatoms. The topological polar surface area (TPSA) is 85.4 Å². The van der Waals surface area contributed by atoms with Gasteiger partial charge in [0.15, 0.2) is 5.54 Å². The summed E-state index contributed by atoms with van der Waals surface area (Å²) in [4.78, 5) is 14.8. The Morgan fingerprint density at radius 2 is 2.36 bits per heavy atom. The first-order chi connectivity index (χ1) is 6.50. The third kappa shape index (κ3) is 1.67. The Hall–Kier alpha value is -1.62. The SMILES string of the molecule is COc1cccnc1[C@](C)(N)C(=O)O. The largest absolute Gasteiger partial charge is 0.495 e. The average molecular weight is 196 g/mol. The Balaban J connectivity index is 3.24. The number of carboxylic acid groups (broad SMARTS) is 1. The smallest absolute Gasteiger partial charge is 0.329 e. The quantitative estimate of drug-likeness (QED) is 0.728. The molecule has 0 saturated carbocycles. The Morgan fingerprint density at radius 3 is 2.86 bits per heavy atom. The molecule has 1 rings (SSSR count). The zero-order chi connectivity index (χ0) is 10.8. The summed E-state index contributed by atoms with van der Waals surface area (Å²) in [5.41, 5.74) is 4.30. The number of aromatic nitrogens is 1. The third-order valence-corrected chi connectivity index (χ3v) is 1.93. The fourth-order valence-corrected chi connectivity index (χ4v) is 1.05. The van der Waals surface area contributed by atoms with Crippen molar-refractivity contribution in [1.29, 1.82) is 0 Å². The summed E-state index contributed by atoms with van der Waals surface area (Å²) in [6.07, 6.45) is 1.48. The van der Waals surface area contributed by atoms with Gasteiger partial charge in [0, 0.05) is 6.20 Å². The van der Waals surface area contributed by atoms with Gasteiger partial charge < -0.3 is 15.6 Å². The van der Waals surface area contributed by atoms with Crippen LogP contribution in [0.25, 0.3) is 0 Å². The Bertz CT molecular complexity index is 350. The molecule has 0 aromatic carbocycles. The number of carbonyl (C=O) groups is 1. The molecular formula is C9H12N2O3. The number of nitrogens with zero attached hydrogens (tertiary/aromatic N) is 1. The van der Waals surface area contributed by atoms with Crippen LogP contribution in [0.3, 0.4) is 0 Å². The summed E-state index contributed by atoms with van der Waals surface area (Å²) in [7, 11) is 1.44. The Labute approximate surface area is 81.5 Å². The number of hydrogen-bond donors (Lipinski definition) is 2. The maximum atomic E-state index is 10.9. The summed E-state index contributed by atoms with van der Waals surface area (Å²) < 4.78 is 4.98. The van der Waals surface area contributed by atoms with Crippen molar-refractivity contribution < 1.29 is 14.6 Å². The number of carboxylic acids is 1. The van der Waals surface area contributed by atoms with Crippen molar-refractivity contribution in [2.45, 2.75) is 12.5 Å². The molecule has 1 aromatic rings. The van der Waals surface area contributed by atoms with Crippen LogP contribution in [0.1, 0.15) is 12.6 Å². The fraction of sp³-hybridized carbons (Fsp3) is 0.333. The van der Waals surface area contributed by atoms with Crippen LogP contribution in [0.15, 0.2) is 18.3 Å². The van der Waals surface area contributed by atoms with E-state index in [4.69, 9.17) is 15.6 Å². The molecule has 76 valence electrons. The van der Waals surface area contributed by atoms with Gasteiger partial charge in [-0.1, -0.05) is 0 Å². The molecule has 0 spiro atoms. The first kappa shape index (κ1) is 10.5. The second kappa shape index (κ2) is 3.63. The van der Waals surface area contributed by atoms with Crippen LogP contribution < -0.4 is 10.5 Å². The number of hydrogen-bond acceptors (Lipinski definition) is 4. The van der Waals surface area contributed by atoms with E-state index in [1.54, 1.807) is 12.1 Å². The molecule has 0 fully saturated rings.